The number of nitrogens with zero attached hydrogens (tertiary/aromatic N) is 2. The largest absolute Gasteiger partial charge is 0.493 e. The van der Waals surface area contributed by atoms with Gasteiger partial charge >= 0.3 is 11.7 Å². The van der Waals surface area contributed by atoms with Crippen molar-refractivity contribution in [2.45, 2.75) is 26.3 Å². The molecular formula is C20H21FN4O5S. The highest BCUT2D eigenvalue weighted by Gasteiger charge is 2.29. The van der Waals surface area contributed by atoms with Crippen LogP contribution in [0.5, 0.6) is 5.88 Å². The van der Waals surface area contributed by atoms with Gasteiger partial charge in [0, 0.05) is 10.9 Å². The summed E-state index contributed by atoms with van der Waals surface area (Å²) in [5.74, 6) is -2.26. The van der Waals surface area contributed by atoms with Gasteiger partial charge in [0.1, 0.15) is 17.6 Å². The van der Waals surface area contributed by atoms with Crippen LogP contribution in [0.3, 0.4) is 0 Å². The van der Waals surface area contributed by atoms with Crippen LogP contribution in [0.1, 0.15) is 36.8 Å². The average Bonchev–Trinajstić information content (AvgIpc) is 3.29. The van der Waals surface area contributed by atoms with Crippen molar-refractivity contribution in [1.82, 2.24) is 14.5 Å². The van der Waals surface area contributed by atoms with Gasteiger partial charge in [0.05, 0.1) is 7.11 Å². The summed E-state index contributed by atoms with van der Waals surface area (Å²) < 4.78 is 19.1. The smallest absolute Gasteiger partial charge is 0.357 e. The average molecular weight is 448 g/mol. The van der Waals surface area contributed by atoms with E-state index in [1.165, 1.54) is 30.7 Å². The molecule has 0 aliphatic carbocycles. The first-order valence-electron chi connectivity index (χ1n) is 9.35. The second kappa shape index (κ2) is 9.13. The Kier molecular flexibility index (Phi) is 6.54. The lowest BCUT2D eigenvalue weighted by Gasteiger charge is -2.19. The maximum atomic E-state index is 13.6. The van der Waals surface area contributed by atoms with E-state index in [4.69, 9.17) is 0 Å². The van der Waals surface area contributed by atoms with Crippen LogP contribution in [0.2, 0.25) is 0 Å². The van der Waals surface area contributed by atoms with E-state index in [9.17, 15) is 23.9 Å². The molecule has 3 N–H and O–H groups in total. The molecule has 0 unspecified atom stereocenters. The zero-order valence-corrected chi connectivity index (χ0v) is 17.8. The number of ether oxygens (including phenoxy) is 1. The third-order valence-electron chi connectivity index (χ3n) is 4.45. The molecule has 31 heavy (non-hydrogen) atoms. The molecule has 2 aromatic heterocycles. The van der Waals surface area contributed by atoms with Gasteiger partial charge in [-0.2, -0.15) is 0 Å². The predicted octanol–water partition coefficient (Wildman–Crippen LogP) is 3.16. The monoisotopic (exact) mass is 448 g/mol. The maximum Gasteiger partial charge on any atom is 0.357 e. The SMILES string of the molecule is COC(=O)c1csc(NC(=O)[C@H](CC(C)C)n2c(O)c(-c3cccc(F)c3)[nH]c2=O)n1. The summed E-state index contributed by atoms with van der Waals surface area (Å²) in [5, 5.41) is 14.9. The van der Waals surface area contributed by atoms with E-state index in [0.717, 1.165) is 22.0 Å². The molecule has 0 saturated carbocycles. The molecule has 1 atom stereocenters. The van der Waals surface area contributed by atoms with Crippen molar-refractivity contribution in [2.75, 3.05) is 12.4 Å². The number of anilines is 1. The van der Waals surface area contributed by atoms with Crippen molar-refractivity contribution in [3.63, 3.8) is 0 Å². The summed E-state index contributed by atoms with van der Waals surface area (Å²) in [4.78, 5) is 43.7. The summed E-state index contributed by atoms with van der Waals surface area (Å²) in [5.41, 5.74) is -0.404. The van der Waals surface area contributed by atoms with E-state index in [0.29, 0.717) is 0 Å². The minimum absolute atomic E-state index is 0.00325. The van der Waals surface area contributed by atoms with E-state index in [-0.39, 0.29) is 34.4 Å². The molecule has 1 aromatic carbocycles. The van der Waals surface area contributed by atoms with Crippen LogP contribution in [0.25, 0.3) is 11.3 Å². The molecule has 0 fully saturated rings. The summed E-state index contributed by atoms with van der Waals surface area (Å²) in [6.45, 7) is 3.72. The standard InChI is InChI=1S/C20H21FN4O5S/c1-10(2)7-14(16(26)24-19-22-13(9-31-19)18(28)30-3)25-17(27)15(23-20(25)29)11-5-4-6-12(21)8-11/h4-6,8-10,14,27H,7H2,1-3H3,(H,23,29)(H,22,24,26)/t14-/m0/s1. The zero-order chi connectivity index (χ0) is 22.7. The Hall–Kier alpha value is -3.47. The number of methoxy groups -OCH3 is 1. The van der Waals surface area contributed by atoms with Crippen LogP contribution in [0, 0.1) is 11.7 Å². The number of H-pyrrole nitrogens is 1. The molecule has 3 aromatic rings. The molecule has 0 saturated heterocycles. The van der Waals surface area contributed by atoms with E-state index < -0.39 is 35.3 Å². The number of rotatable bonds is 7. The Balaban J connectivity index is 1.96. The number of thiazole rings is 1. The second-order valence-electron chi connectivity index (χ2n) is 7.17. The summed E-state index contributed by atoms with van der Waals surface area (Å²) in [7, 11) is 1.22. The van der Waals surface area contributed by atoms with Crippen molar-refractivity contribution < 1.29 is 23.8 Å². The minimum Gasteiger partial charge on any atom is -0.493 e. The van der Waals surface area contributed by atoms with Crippen molar-refractivity contribution in [1.29, 1.82) is 0 Å². The highest BCUT2D eigenvalue weighted by molar-refractivity contribution is 7.14. The van der Waals surface area contributed by atoms with E-state index in [2.05, 4.69) is 20.0 Å². The van der Waals surface area contributed by atoms with Gasteiger partial charge in [-0.1, -0.05) is 26.0 Å². The predicted molar refractivity (Wildman–Crippen MR) is 113 cm³/mol. The summed E-state index contributed by atoms with van der Waals surface area (Å²) in [6, 6.07) is 4.30. The molecule has 1 amide bonds. The van der Waals surface area contributed by atoms with E-state index in [1.807, 2.05) is 13.8 Å². The third kappa shape index (κ3) is 4.82. The Morgan fingerprint density at radius 1 is 1.39 bits per heavy atom. The van der Waals surface area contributed by atoms with Crippen LogP contribution < -0.4 is 11.0 Å². The molecule has 3 rings (SSSR count). The molecule has 0 bridgehead atoms. The number of hydrogen-bond donors (Lipinski definition) is 3. The molecule has 0 aliphatic rings. The third-order valence-corrected chi connectivity index (χ3v) is 5.21. The van der Waals surface area contributed by atoms with E-state index in [1.54, 1.807) is 0 Å². The Morgan fingerprint density at radius 3 is 2.77 bits per heavy atom. The molecule has 164 valence electrons. The van der Waals surface area contributed by atoms with E-state index >= 15 is 0 Å². The number of nitrogens with one attached hydrogen (secondary N) is 2. The highest BCUT2D eigenvalue weighted by atomic mass is 32.1. The fourth-order valence-electron chi connectivity index (χ4n) is 3.07. The molecule has 0 radical (unpaired) electrons. The minimum atomic E-state index is -1.07. The number of carbonyl (C=O) groups excluding carboxylic acids is 2. The van der Waals surface area contributed by atoms with Gasteiger partial charge in [-0.3, -0.25) is 9.36 Å². The fourth-order valence-corrected chi connectivity index (χ4v) is 3.75. The van der Waals surface area contributed by atoms with Crippen LogP contribution in [0.15, 0.2) is 34.4 Å². The first kappa shape index (κ1) is 22.2. The Labute approximate surface area is 180 Å². The number of aromatic amines is 1. The summed E-state index contributed by atoms with van der Waals surface area (Å²) in [6.07, 6.45) is 0.231. The van der Waals surface area contributed by atoms with Crippen molar-refractivity contribution in [3.8, 4) is 17.1 Å². The van der Waals surface area contributed by atoms with Crippen LogP contribution in [-0.2, 0) is 9.53 Å². The normalized spacial score (nSPS) is 12.0. The van der Waals surface area contributed by atoms with Gasteiger partial charge in [0.15, 0.2) is 10.8 Å². The van der Waals surface area contributed by atoms with Gasteiger partial charge in [-0.05, 0) is 24.5 Å². The number of aromatic nitrogens is 3. The molecule has 11 heteroatoms. The molecule has 0 spiro atoms. The number of amides is 1. The quantitative estimate of drug-likeness (QED) is 0.477. The Morgan fingerprint density at radius 2 is 2.13 bits per heavy atom. The molecule has 9 nitrogen and oxygen atoms in total. The summed E-state index contributed by atoms with van der Waals surface area (Å²) >= 11 is 1.02. The molecular weight excluding hydrogens is 427 g/mol. The van der Waals surface area contributed by atoms with Gasteiger partial charge in [-0.15, -0.1) is 11.3 Å². The maximum absolute atomic E-state index is 13.6. The topological polar surface area (TPSA) is 126 Å². The van der Waals surface area contributed by atoms with Gasteiger partial charge in [-0.25, -0.2) is 19.0 Å². The number of esters is 1. The van der Waals surface area contributed by atoms with Gasteiger partial charge in [0.25, 0.3) is 0 Å². The van der Waals surface area contributed by atoms with Crippen LogP contribution >= 0.6 is 11.3 Å². The number of hydrogen-bond acceptors (Lipinski definition) is 7. The lowest BCUT2D eigenvalue weighted by atomic mass is 10.0. The lowest BCUT2D eigenvalue weighted by Crippen LogP contribution is -2.33. The number of carbonyl (C=O) groups is 2. The Bertz CT molecular complexity index is 1170. The van der Waals surface area contributed by atoms with Crippen molar-refractivity contribution in [2.24, 2.45) is 5.92 Å². The van der Waals surface area contributed by atoms with Gasteiger partial charge < -0.3 is 20.1 Å². The van der Waals surface area contributed by atoms with Gasteiger partial charge in [0.2, 0.25) is 11.8 Å². The number of imidazole rings is 1. The highest BCUT2D eigenvalue weighted by Crippen LogP contribution is 2.31. The number of aromatic hydroxyl groups is 1. The fraction of sp³-hybridized carbons (Fsp3) is 0.300. The lowest BCUT2D eigenvalue weighted by molar-refractivity contribution is -0.119. The molecule has 2 heterocycles. The first-order chi connectivity index (χ1) is 14.7. The van der Waals surface area contributed by atoms with Crippen molar-refractivity contribution in [3.05, 3.63) is 51.6 Å². The molecule has 0 aliphatic heterocycles. The second-order valence-corrected chi connectivity index (χ2v) is 8.03. The number of halogens is 1. The first-order valence-corrected chi connectivity index (χ1v) is 10.2. The van der Waals surface area contributed by atoms with Crippen LogP contribution in [-0.4, -0.2) is 38.6 Å². The zero-order valence-electron chi connectivity index (χ0n) is 17.0. The van der Waals surface area contributed by atoms with Crippen LogP contribution in [0.4, 0.5) is 9.52 Å². The number of benzene rings is 1. The van der Waals surface area contributed by atoms with Crippen molar-refractivity contribution >= 4 is 28.3 Å².